The molecule has 0 unspecified atom stereocenters. The number of ether oxygens (including phenoxy) is 2. The van der Waals surface area contributed by atoms with Crippen molar-refractivity contribution >= 4 is 15.9 Å². The fourth-order valence-electron chi connectivity index (χ4n) is 2.19. The number of rotatable bonds is 8. The van der Waals surface area contributed by atoms with Crippen molar-refractivity contribution in [3.63, 3.8) is 0 Å². The summed E-state index contributed by atoms with van der Waals surface area (Å²) in [6, 6.07) is 10.4. The molecule has 0 saturated carbocycles. The maximum atomic E-state index is 12.9. The normalized spacial score (nSPS) is 10.6. The summed E-state index contributed by atoms with van der Waals surface area (Å²) in [5.74, 6) is 1.27. The predicted molar refractivity (Wildman–Crippen MR) is 93.4 cm³/mol. The Morgan fingerprint density at radius 3 is 2.17 bits per heavy atom. The van der Waals surface area contributed by atoms with Gasteiger partial charge in [0.2, 0.25) is 0 Å². The maximum absolute atomic E-state index is 12.9. The van der Waals surface area contributed by atoms with Gasteiger partial charge in [-0.1, -0.05) is 28.1 Å². The highest BCUT2D eigenvalue weighted by Gasteiger charge is 2.10. The van der Waals surface area contributed by atoms with Crippen LogP contribution in [0.4, 0.5) is 4.39 Å². The first kappa shape index (κ1) is 17.8. The molecule has 0 aromatic heterocycles. The van der Waals surface area contributed by atoms with Crippen molar-refractivity contribution in [2.24, 2.45) is 0 Å². The zero-order chi connectivity index (χ0) is 16.7. The minimum absolute atomic E-state index is 0.218. The van der Waals surface area contributed by atoms with Gasteiger partial charge in [-0.05, 0) is 49.2 Å². The molecule has 0 atom stereocenters. The van der Waals surface area contributed by atoms with Gasteiger partial charge >= 0.3 is 0 Å². The van der Waals surface area contributed by atoms with Gasteiger partial charge in [0, 0.05) is 17.6 Å². The second-order valence-electron chi connectivity index (χ2n) is 4.99. The number of halogens is 2. The molecular weight excluding hydrogens is 361 g/mol. The fraction of sp³-hybridized carbons (Fsp3) is 0.333. The third kappa shape index (κ3) is 5.22. The first-order valence-electron chi connectivity index (χ1n) is 7.67. The average Bonchev–Trinajstić information content (AvgIpc) is 2.53. The molecule has 0 bridgehead atoms. The van der Waals surface area contributed by atoms with Crippen molar-refractivity contribution in [2.45, 2.75) is 26.9 Å². The molecule has 0 spiro atoms. The van der Waals surface area contributed by atoms with Gasteiger partial charge in [0.05, 0.1) is 13.2 Å². The molecule has 0 fully saturated rings. The van der Waals surface area contributed by atoms with Gasteiger partial charge in [-0.2, -0.15) is 0 Å². The highest BCUT2D eigenvalue weighted by Crippen LogP contribution is 2.33. The topological polar surface area (TPSA) is 30.5 Å². The number of hydrogen-bond acceptors (Lipinski definition) is 3. The van der Waals surface area contributed by atoms with Gasteiger partial charge in [-0.25, -0.2) is 4.39 Å². The average molecular weight is 382 g/mol. The Balaban J connectivity index is 2.03. The summed E-state index contributed by atoms with van der Waals surface area (Å²) in [5.41, 5.74) is 2.12. The van der Waals surface area contributed by atoms with Crippen molar-refractivity contribution in [1.29, 1.82) is 0 Å². The molecule has 124 valence electrons. The molecule has 0 radical (unpaired) electrons. The van der Waals surface area contributed by atoms with E-state index in [1.165, 1.54) is 12.1 Å². The van der Waals surface area contributed by atoms with Gasteiger partial charge in [0.25, 0.3) is 0 Å². The molecule has 3 nitrogen and oxygen atoms in total. The van der Waals surface area contributed by atoms with Crippen molar-refractivity contribution in [2.75, 3.05) is 13.2 Å². The van der Waals surface area contributed by atoms with E-state index in [1.54, 1.807) is 12.1 Å². The van der Waals surface area contributed by atoms with E-state index >= 15 is 0 Å². The standard InChI is InChI=1S/C18H21BrFNO2/c1-3-22-17-9-14(16(19)10-18(17)23-4-2)12-21-11-13-5-7-15(20)8-6-13/h5-10,21H,3-4,11-12H2,1-2H3. The van der Waals surface area contributed by atoms with Gasteiger partial charge in [0.15, 0.2) is 11.5 Å². The molecule has 0 aliphatic rings. The molecule has 2 rings (SSSR count). The zero-order valence-electron chi connectivity index (χ0n) is 13.4. The molecule has 2 aromatic carbocycles. The summed E-state index contributed by atoms with van der Waals surface area (Å²) >= 11 is 3.57. The summed E-state index contributed by atoms with van der Waals surface area (Å²) < 4.78 is 25.1. The van der Waals surface area contributed by atoms with Crippen LogP contribution in [0.15, 0.2) is 40.9 Å². The minimum Gasteiger partial charge on any atom is -0.490 e. The van der Waals surface area contributed by atoms with Crippen LogP contribution in [0.5, 0.6) is 11.5 Å². The lowest BCUT2D eigenvalue weighted by Crippen LogP contribution is -2.13. The number of hydrogen-bond donors (Lipinski definition) is 1. The van der Waals surface area contributed by atoms with E-state index in [-0.39, 0.29) is 5.82 Å². The van der Waals surface area contributed by atoms with Crippen LogP contribution in [0.25, 0.3) is 0 Å². The molecule has 0 aliphatic carbocycles. The van der Waals surface area contributed by atoms with Crippen LogP contribution in [-0.2, 0) is 13.1 Å². The third-order valence-electron chi connectivity index (χ3n) is 3.27. The molecule has 0 saturated heterocycles. The molecule has 0 amide bonds. The van der Waals surface area contributed by atoms with Crippen LogP contribution < -0.4 is 14.8 Å². The molecular formula is C18H21BrFNO2. The van der Waals surface area contributed by atoms with Crippen molar-refractivity contribution in [1.82, 2.24) is 5.32 Å². The lowest BCUT2D eigenvalue weighted by Gasteiger charge is -2.14. The van der Waals surface area contributed by atoms with E-state index in [4.69, 9.17) is 9.47 Å². The van der Waals surface area contributed by atoms with Crippen molar-refractivity contribution in [3.8, 4) is 11.5 Å². The lowest BCUT2D eigenvalue weighted by molar-refractivity contribution is 0.287. The van der Waals surface area contributed by atoms with E-state index in [0.29, 0.717) is 26.3 Å². The van der Waals surface area contributed by atoms with E-state index in [2.05, 4.69) is 21.2 Å². The highest BCUT2D eigenvalue weighted by molar-refractivity contribution is 9.10. The Morgan fingerprint density at radius 1 is 0.957 bits per heavy atom. The third-order valence-corrected chi connectivity index (χ3v) is 4.01. The van der Waals surface area contributed by atoms with Gasteiger partial charge in [0.1, 0.15) is 5.82 Å². The maximum Gasteiger partial charge on any atom is 0.162 e. The first-order chi connectivity index (χ1) is 11.1. The molecule has 1 N–H and O–H groups in total. The fourth-order valence-corrected chi connectivity index (χ4v) is 2.66. The number of nitrogens with one attached hydrogen (secondary N) is 1. The van der Waals surface area contributed by atoms with Crippen LogP contribution in [0.3, 0.4) is 0 Å². The first-order valence-corrected chi connectivity index (χ1v) is 8.46. The van der Waals surface area contributed by atoms with Crippen LogP contribution in [0.2, 0.25) is 0 Å². The van der Waals surface area contributed by atoms with E-state index in [1.807, 2.05) is 26.0 Å². The van der Waals surface area contributed by atoms with Crippen LogP contribution in [-0.4, -0.2) is 13.2 Å². The zero-order valence-corrected chi connectivity index (χ0v) is 15.0. The summed E-state index contributed by atoms with van der Waals surface area (Å²) in [7, 11) is 0. The highest BCUT2D eigenvalue weighted by atomic mass is 79.9. The van der Waals surface area contributed by atoms with E-state index in [9.17, 15) is 4.39 Å². The summed E-state index contributed by atoms with van der Waals surface area (Å²) in [4.78, 5) is 0. The Labute approximate surface area is 144 Å². The van der Waals surface area contributed by atoms with Crippen LogP contribution >= 0.6 is 15.9 Å². The molecule has 5 heteroatoms. The second-order valence-corrected chi connectivity index (χ2v) is 5.84. The van der Waals surface area contributed by atoms with Gasteiger partial charge in [-0.3, -0.25) is 0 Å². The SMILES string of the molecule is CCOc1cc(Br)c(CNCc2ccc(F)cc2)cc1OCC. The number of benzene rings is 2. The smallest absolute Gasteiger partial charge is 0.162 e. The van der Waals surface area contributed by atoms with Crippen molar-refractivity contribution in [3.05, 3.63) is 57.8 Å². The largest absolute Gasteiger partial charge is 0.490 e. The van der Waals surface area contributed by atoms with E-state index < -0.39 is 0 Å². The lowest BCUT2D eigenvalue weighted by atomic mass is 10.2. The Bertz CT molecular complexity index is 632. The molecule has 0 aliphatic heterocycles. The summed E-state index contributed by atoms with van der Waals surface area (Å²) in [6.07, 6.45) is 0. The molecule has 2 aromatic rings. The van der Waals surface area contributed by atoms with E-state index in [0.717, 1.165) is 27.1 Å². The van der Waals surface area contributed by atoms with Crippen LogP contribution in [0, 0.1) is 5.82 Å². The van der Waals surface area contributed by atoms with Crippen LogP contribution in [0.1, 0.15) is 25.0 Å². The Hall–Kier alpha value is -1.59. The molecule has 0 heterocycles. The van der Waals surface area contributed by atoms with Crippen molar-refractivity contribution < 1.29 is 13.9 Å². The monoisotopic (exact) mass is 381 g/mol. The molecule has 23 heavy (non-hydrogen) atoms. The quantitative estimate of drug-likeness (QED) is 0.720. The minimum atomic E-state index is -0.218. The van der Waals surface area contributed by atoms with Gasteiger partial charge < -0.3 is 14.8 Å². The Kier molecular flexibility index (Phi) is 6.86. The summed E-state index contributed by atoms with van der Waals surface area (Å²) in [5, 5.41) is 3.35. The predicted octanol–water partition coefficient (Wildman–Crippen LogP) is 4.68. The second kappa shape index (κ2) is 8.89. The van der Waals surface area contributed by atoms with Gasteiger partial charge in [-0.15, -0.1) is 0 Å². The summed E-state index contributed by atoms with van der Waals surface area (Å²) in [6.45, 7) is 6.42. The Morgan fingerprint density at radius 2 is 1.57 bits per heavy atom.